The highest BCUT2D eigenvalue weighted by molar-refractivity contribution is 6.00. The van der Waals surface area contributed by atoms with E-state index >= 15 is 0 Å². The fourth-order valence-corrected chi connectivity index (χ4v) is 2.41. The minimum absolute atomic E-state index is 0.0157. The Balaban J connectivity index is 1.90. The normalized spacial score (nSPS) is 21.5. The number of nitrogens with zero attached hydrogens (tertiary/aromatic N) is 1. The zero-order valence-electron chi connectivity index (χ0n) is 9.96. The number of aliphatic carboxylic acids is 1. The summed E-state index contributed by atoms with van der Waals surface area (Å²) in [6.45, 7) is 0.369. The first-order chi connectivity index (χ1) is 9.06. The molecule has 0 radical (unpaired) electrons. The number of amides is 1. The van der Waals surface area contributed by atoms with Crippen molar-refractivity contribution >= 4 is 23.5 Å². The lowest BCUT2D eigenvalue weighted by Crippen LogP contribution is -2.25. The minimum Gasteiger partial charge on any atom is -0.481 e. The quantitative estimate of drug-likeness (QED) is 0.796. The Kier molecular flexibility index (Phi) is 2.51. The van der Waals surface area contributed by atoms with E-state index < -0.39 is 11.9 Å². The van der Waals surface area contributed by atoms with Crippen LogP contribution in [0.2, 0.25) is 0 Å². The maximum Gasteiger partial charge on any atom is 0.338 e. The second-order valence-electron chi connectivity index (χ2n) is 4.66. The van der Waals surface area contributed by atoms with Gasteiger partial charge in [-0.1, -0.05) is 0 Å². The Morgan fingerprint density at radius 2 is 2.16 bits per heavy atom. The van der Waals surface area contributed by atoms with E-state index in [1.54, 1.807) is 18.2 Å². The third-order valence-electron chi connectivity index (χ3n) is 3.45. The highest BCUT2D eigenvalue weighted by atomic mass is 16.5. The summed E-state index contributed by atoms with van der Waals surface area (Å²) in [5, 5.41) is 8.94. The van der Waals surface area contributed by atoms with Gasteiger partial charge in [-0.05, 0) is 18.2 Å². The van der Waals surface area contributed by atoms with Gasteiger partial charge in [0.15, 0.2) is 0 Å². The molecule has 1 unspecified atom stereocenters. The van der Waals surface area contributed by atoms with Gasteiger partial charge in [0.2, 0.25) is 5.91 Å². The molecule has 0 aromatic heterocycles. The Morgan fingerprint density at radius 1 is 1.37 bits per heavy atom. The number of rotatable bonds is 2. The van der Waals surface area contributed by atoms with Crippen molar-refractivity contribution in [3.8, 4) is 0 Å². The van der Waals surface area contributed by atoms with E-state index in [-0.39, 0.29) is 31.4 Å². The summed E-state index contributed by atoms with van der Waals surface area (Å²) < 4.78 is 4.89. The van der Waals surface area contributed by atoms with Gasteiger partial charge in [0, 0.05) is 24.2 Å². The Morgan fingerprint density at radius 3 is 2.84 bits per heavy atom. The van der Waals surface area contributed by atoms with Gasteiger partial charge in [0.05, 0.1) is 11.5 Å². The molecule has 1 amide bonds. The number of anilines is 1. The molecule has 2 heterocycles. The molecule has 3 rings (SSSR count). The summed E-state index contributed by atoms with van der Waals surface area (Å²) in [5.41, 5.74) is 1.85. The SMILES string of the molecule is O=C1OCc2cc(N3CC(C(=O)O)CC3=O)ccc21. The van der Waals surface area contributed by atoms with Gasteiger partial charge in [-0.3, -0.25) is 9.59 Å². The number of cyclic esters (lactones) is 1. The Hall–Kier alpha value is -2.37. The van der Waals surface area contributed by atoms with Crippen molar-refractivity contribution in [1.29, 1.82) is 0 Å². The average Bonchev–Trinajstić information content (AvgIpc) is 2.93. The van der Waals surface area contributed by atoms with Crippen molar-refractivity contribution in [2.45, 2.75) is 13.0 Å². The summed E-state index contributed by atoms with van der Waals surface area (Å²) in [5.74, 6) is -2.20. The molecule has 1 atom stereocenters. The van der Waals surface area contributed by atoms with Crippen molar-refractivity contribution in [3.05, 3.63) is 29.3 Å². The van der Waals surface area contributed by atoms with Crippen LogP contribution in [0.25, 0.3) is 0 Å². The van der Waals surface area contributed by atoms with Gasteiger partial charge in [-0.15, -0.1) is 0 Å². The highest BCUT2D eigenvalue weighted by Crippen LogP contribution is 2.29. The first-order valence-corrected chi connectivity index (χ1v) is 5.89. The molecule has 2 aliphatic heterocycles. The number of carbonyl (C=O) groups is 3. The van der Waals surface area contributed by atoms with Crippen LogP contribution in [0.5, 0.6) is 0 Å². The van der Waals surface area contributed by atoms with Gasteiger partial charge in [0.1, 0.15) is 6.61 Å². The third-order valence-corrected chi connectivity index (χ3v) is 3.45. The third kappa shape index (κ3) is 1.85. The van der Waals surface area contributed by atoms with Crippen LogP contribution in [0.3, 0.4) is 0 Å². The molecule has 0 spiro atoms. The van der Waals surface area contributed by atoms with Gasteiger partial charge in [-0.25, -0.2) is 4.79 Å². The lowest BCUT2D eigenvalue weighted by atomic mass is 10.1. The number of benzene rings is 1. The largest absolute Gasteiger partial charge is 0.481 e. The first-order valence-electron chi connectivity index (χ1n) is 5.89. The van der Waals surface area contributed by atoms with E-state index in [4.69, 9.17) is 9.84 Å². The van der Waals surface area contributed by atoms with Crippen molar-refractivity contribution in [2.75, 3.05) is 11.4 Å². The van der Waals surface area contributed by atoms with Gasteiger partial charge < -0.3 is 14.7 Å². The van der Waals surface area contributed by atoms with Gasteiger partial charge in [0.25, 0.3) is 0 Å². The molecule has 1 N–H and O–H groups in total. The first kappa shape index (κ1) is 11.7. The lowest BCUT2D eigenvalue weighted by molar-refractivity contribution is -0.141. The van der Waals surface area contributed by atoms with E-state index in [1.807, 2.05) is 0 Å². The zero-order valence-corrected chi connectivity index (χ0v) is 9.96. The summed E-state index contributed by atoms with van der Waals surface area (Å²) in [6.07, 6.45) is 0.0157. The Labute approximate surface area is 108 Å². The fraction of sp³-hybridized carbons (Fsp3) is 0.308. The van der Waals surface area contributed by atoms with Crippen molar-refractivity contribution in [2.24, 2.45) is 5.92 Å². The molecule has 0 aliphatic carbocycles. The van der Waals surface area contributed by atoms with Crippen LogP contribution in [0, 0.1) is 5.92 Å². The molecule has 1 saturated heterocycles. The number of ether oxygens (including phenoxy) is 1. The van der Waals surface area contributed by atoms with E-state index in [0.717, 1.165) is 5.56 Å². The molecule has 0 saturated carbocycles. The second-order valence-corrected chi connectivity index (χ2v) is 4.66. The summed E-state index contributed by atoms with van der Waals surface area (Å²) >= 11 is 0. The fourth-order valence-electron chi connectivity index (χ4n) is 2.41. The molecule has 0 bridgehead atoms. The number of carboxylic acids is 1. The molecule has 98 valence electrons. The molecule has 2 aliphatic rings. The van der Waals surface area contributed by atoms with Crippen LogP contribution < -0.4 is 4.90 Å². The lowest BCUT2D eigenvalue weighted by Gasteiger charge is -2.16. The van der Waals surface area contributed by atoms with Crippen LogP contribution >= 0.6 is 0 Å². The molecular formula is C13H11NO5. The predicted molar refractivity (Wildman–Crippen MR) is 63.7 cm³/mol. The summed E-state index contributed by atoms with van der Waals surface area (Å²) in [4.78, 5) is 35.5. The molecule has 6 heteroatoms. The van der Waals surface area contributed by atoms with Gasteiger partial charge >= 0.3 is 11.9 Å². The number of fused-ring (bicyclic) bond motifs is 1. The van der Waals surface area contributed by atoms with Crippen LogP contribution in [0.4, 0.5) is 5.69 Å². The topological polar surface area (TPSA) is 83.9 Å². The highest BCUT2D eigenvalue weighted by Gasteiger charge is 2.35. The summed E-state index contributed by atoms with van der Waals surface area (Å²) in [7, 11) is 0. The molecule has 1 aromatic rings. The number of carboxylic acid groups (broad SMARTS) is 1. The van der Waals surface area contributed by atoms with Crippen molar-refractivity contribution in [3.63, 3.8) is 0 Å². The number of hydrogen-bond donors (Lipinski definition) is 1. The molecule has 19 heavy (non-hydrogen) atoms. The maximum atomic E-state index is 11.8. The van der Waals surface area contributed by atoms with Gasteiger partial charge in [-0.2, -0.15) is 0 Å². The van der Waals surface area contributed by atoms with Crippen LogP contribution in [-0.4, -0.2) is 29.5 Å². The molecule has 1 aromatic carbocycles. The number of esters is 1. The van der Waals surface area contributed by atoms with E-state index in [0.29, 0.717) is 11.3 Å². The predicted octanol–water partition coefficient (Wildman–Crippen LogP) is 0.794. The maximum absolute atomic E-state index is 11.8. The van der Waals surface area contributed by atoms with E-state index in [2.05, 4.69) is 0 Å². The van der Waals surface area contributed by atoms with Crippen molar-refractivity contribution < 1.29 is 24.2 Å². The minimum atomic E-state index is -0.962. The zero-order chi connectivity index (χ0) is 13.6. The standard InChI is InChI=1S/C13H11NO5/c15-11-4-7(12(16)17)5-14(11)9-1-2-10-8(3-9)6-19-13(10)18/h1-3,7H,4-6H2,(H,16,17). The number of hydrogen-bond acceptors (Lipinski definition) is 4. The van der Waals surface area contributed by atoms with E-state index in [9.17, 15) is 14.4 Å². The number of carbonyl (C=O) groups excluding carboxylic acids is 2. The summed E-state index contributed by atoms with van der Waals surface area (Å²) in [6, 6.07) is 4.97. The van der Waals surface area contributed by atoms with Crippen LogP contribution in [0.15, 0.2) is 18.2 Å². The smallest absolute Gasteiger partial charge is 0.338 e. The average molecular weight is 261 g/mol. The van der Waals surface area contributed by atoms with Crippen LogP contribution in [-0.2, 0) is 20.9 Å². The van der Waals surface area contributed by atoms with E-state index in [1.165, 1.54) is 4.90 Å². The molecule has 6 nitrogen and oxygen atoms in total. The monoisotopic (exact) mass is 261 g/mol. The van der Waals surface area contributed by atoms with Crippen molar-refractivity contribution in [1.82, 2.24) is 0 Å². The second kappa shape index (κ2) is 4.08. The Bertz CT molecular complexity index is 595. The van der Waals surface area contributed by atoms with Crippen LogP contribution in [0.1, 0.15) is 22.3 Å². The molecular weight excluding hydrogens is 250 g/mol. The molecule has 1 fully saturated rings.